The highest BCUT2D eigenvalue weighted by Crippen LogP contribution is 2.19. The van der Waals surface area contributed by atoms with Crippen LogP contribution >= 0.6 is 67.8 Å². The smallest absolute Gasteiger partial charge is 0.117 e. The Labute approximate surface area is 110 Å². The summed E-state index contributed by atoms with van der Waals surface area (Å²) in [6.45, 7) is 0. The molecule has 0 rings (SSSR count). The zero-order valence-electron chi connectivity index (χ0n) is 6.27. The number of unbranched alkanes of at least 4 members (excludes halogenated alkanes) is 2. The minimum Gasteiger partial charge on any atom is -0.382 e. The molecule has 0 aliphatic carbocycles. The largest absolute Gasteiger partial charge is 0.382 e. The van der Waals surface area contributed by atoms with Crippen LogP contribution in [0.4, 0.5) is 0 Å². The lowest BCUT2D eigenvalue weighted by molar-refractivity contribution is 0.274. The molecule has 0 bridgehead atoms. The van der Waals surface area contributed by atoms with Gasteiger partial charge in [-0.1, -0.05) is 80.6 Å². The number of halogens is 3. The Hall–Kier alpha value is 2.15. The fraction of sp³-hybridized carbons (Fsp3) is 1.00. The van der Waals surface area contributed by atoms with Gasteiger partial charge in [0.1, 0.15) is 4.11 Å². The molecule has 0 saturated heterocycles. The molecule has 0 spiro atoms. The van der Waals surface area contributed by atoms with E-state index in [4.69, 9.17) is 5.11 Å². The van der Waals surface area contributed by atoms with Crippen molar-refractivity contribution in [2.45, 2.75) is 33.7 Å². The van der Waals surface area contributed by atoms with E-state index in [9.17, 15) is 0 Å². The molecule has 0 fully saturated rings. The number of hydrogen-bond acceptors (Lipinski definition) is 1. The average Bonchev–Trinajstić information content (AvgIpc) is 1.97. The van der Waals surface area contributed by atoms with E-state index in [0.29, 0.717) is 3.92 Å². The molecule has 0 aliphatic rings. The monoisotopic (exact) mass is 494 g/mol. The molecule has 0 radical (unpaired) electrons. The van der Waals surface area contributed by atoms with Gasteiger partial charge in [0.15, 0.2) is 0 Å². The maximum atomic E-state index is 9.16. The van der Waals surface area contributed by atoms with Gasteiger partial charge < -0.3 is 5.11 Å². The number of rotatable bonds is 6. The number of hydrogen-bond donors (Lipinski definition) is 1. The predicted octanol–water partition coefficient (Wildman–Crippen LogP) is 3.54. The van der Waals surface area contributed by atoms with E-state index >= 15 is 0 Å². The molecule has 68 valence electrons. The van der Waals surface area contributed by atoms with Gasteiger partial charge in [0, 0.05) is 3.92 Å². The lowest BCUT2D eigenvalue weighted by atomic mass is 10.2. The van der Waals surface area contributed by atoms with Gasteiger partial charge in [-0.05, 0) is 17.3 Å². The van der Waals surface area contributed by atoms with Crippen LogP contribution in [0.1, 0.15) is 25.7 Å². The third-order valence-electron chi connectivity index (χ3n) is 1.41. The van der Waals surface area contributed by atoms with E-state index in [-0.39, 0.29) is 4.11 Å². The summed E-state index contributed by atoms with van der Waals surface area (Å²) in [4.78, 5) is 0. The first kappa shape index (κ1) is 13.2. The molecule has 1 nitrogen and oxygen atoms in total. The first-order valence-electron chi connectivity index (χ1n) is 3.70. The maximum absolute atomic E-state index is 9.16. The van der Waals surface area contributed by atoms with Crippen LogP contribution in [0.15, 0.2) is 0 Å². The third kappa shape index (κ3) is 8.48. The van der Waals surface area contributed by atoms with Crippen molar-refractivity contribution in [2.24, 2.45) is 0 Å². The zero-order valence-corrected chi connectivity index (χ0v) is 12.7. The van der Waals surface area contributed by atoms with Gasteiger partial charge in [0.05, 0.1) is 0 Å². The molecule has 0 saturated carbocycles. The van der Waals surface area contributed by atoms with Crippen LogP contribution in [0.2, 0.25) is 0 Å². The van der Waals surface area contributed by atoms with Crippen molar-refractivity contribution in [3.63, 3.8) is 0 Å². The molecule has 11 heavy (non-hydrogen) atoms. The van der Waals surface area contributed by atoms with Crippen molar-refractivity contribution in [1.82, 2.24) is 0 Å². The highest BCUT2D eigenvalue weighted by Gasteiger charge is 2.10. The lowest BCUT2D eigenvalue weighted by Crippen LogP contribution is -2.11. The molecular weight excluding hydrogens is 481 g/mol. The Bertz CT molecular complexity index is 87.8. The standard InChI is InChI=1S/C7H13I3O/c8-5-3-1-2-4-6(9)7(10)11/h6-7,11H,1-5H2. The fourth-order valence-corrected chi connectivity index (χ4v) is 2.09. The molecule has 0 aromatic heterocycles. The molecule has 1 N–H and O–H groups in total. The zero-order chi connectivity index (χ0) is 8.69. The Morgan fingerprint density at radius 1 is 1.09 bits per heavy atom. The van der Waals surface area contributed by atoms with Crippen molar-refractivity contribution in [3.8, 4) is 0 Å². The number of alkyl halides is 3. The van der Waals surface area contributed by atoms with Gasteiger partial charge >= 0.3 is 0 Å². The summed E-state index contributed by atoms with van der Waals surface area (Å²) in [5.41, 5.74) is 0. The summed E-state index contributed by atoms with van der Waals surface area (Å²) < 4.78 is 1.52. The third-order valence-corrected chi connectivity index (χ3v) is 5.72. The number of aliphatic hydroxyl groups excluding tert-OH is 1. The van der Waals surface area contributed by atoms with E-state index in [1.54, 1.807) is 0 Å². The Kier molecular flexibility index (Phi) is 10.4. The van der Waals surface area contributed by atoms with Crippen LogP contribution in [-0.4, -0.2) is 17.6 Å². The van der Waals surface area contributed by atoms with Crippen molar-refractivity contribution >= 4 is 67.8 Å². The topological polar surface area (TPSA) is 20.2 Å². The van der Waals surface area contributed by atoms with Crippen molar-refractivity contribution < 1.29 is 5.11 Å². The molecule has 0 aliphatic heterocycles. The van der Waals surface area contributed by atoms with Crippen molar-refractivity contribution in [3.05, 3.63) is 0 Å². The first-order valence-corrected chi connectivity index (χ1v) is 7.72. The van der Waals surface area contributed by atoms with Gasteiger partial charge in [-0.15, -0.1) is 0 Å². The Balaban J connectivity index is 3.10. The van der Waals surface area contributed by atoms with Crippen LogP contribution in [0.25, 0.3) is 0 Å². The van der Waals surface area contributed by atoms with Crippen LogP contribution < -0.4 is 0 Å². The summed E-state index contributed by atoms with van der Waals surface area (Å²) in [5.74, 6) is 0. The second-order valence-electron chi connectivity index (χ2n) is 2.43. The molecule has 0 aromatic carbocycles. The predicted molar refractivity (Wildman–Crippen MR) is 75.2 cm³/mol. The summed E-state index contributed by atoms with van der Waals surface area (Å²) >= 11 is 6.81. The Morgan fingerprint density at radius 2 is 1.73 bits per heavy atom. The van der Waals surface area contributed by atoms with E-state index < -0.39 is 0 Å². The molecular formula is C7H13I3O. The summed E-state index contributed by atoms with van der Waals surface area (Å²) in [6, 6.07) is 0. The summed E-state index contributed by atoms with van der Waals surface area (Å²) in [5, 5.41) is 9.16. The normalized spacial score (nSPS) is 16.4. The minimum absolute atomic E-state index is 0.173. The van der Waals surface area contributed by atoms with Gasteiger partial charge in [-0.25, -0.2) is 0 Å². The Morgan fingerprint density at radius 3 is 2.18 bits per heavy atom. The molecule has 0 amide bonds. The van der Waals surface area contributed by atoms with Crippen LogP contribution in [0, 0.1) is 0 Å². The maximum Gasteiger partial charge on any atom is 0.117 e. The van der Waals surface area contributed by atoms with Gasteiger partial charge in [-0.3, -0.25) is 0 Å². The fourth-order valence-electron chi connectivity index (χ4n) is 0.748. The molecule has 2 unspecified atom stereocenters. The highest BCUT2D eigenvalue weighted by atomic mass is 127. The second kappa shape index (κ2) is 8.74. The van der Waals surface area contributed by atoms with Crippen LogP contribution in [-0.2, 0) is 0 Å². The minimum atomic E-state index is -0.173. The molecule has 0 heterocycles. The molecule has 4 heteroatoms. The average molecular weight is 494 g/mol. The first-order chi connectivity index (χ1) is 5.18. The lowest BCUT2D eigenvalue weighted by Gasteiger charge is -2.10. The van der Waals surface area contributed by atoms with Crippen molar-refractivity contribution in [2.75, 3.05) is 4.43 Å². The van der Waals surface area contributed by atoms with Gasteiger partial charge in [0.25, 0.3) is 0 Å². The highest BCUT2D eigenvalue weighted by molar-refractivity contribution is 14.1. The summed E-state index contributed by atoms with van der Waals surface area (Å²) in [7, 11) is 0. The SMILES string of the molecule is OC(I)C(I)CCCCCI. The van der Waals surface area contributed by atoms with E-state index in [1.165, 1.54) is 23.7 Å². The number of aliphatic hydroxyl groups is 1. The van der Waals surface area contributed by atoms with E-state index in [2.05, 4.69) is 67.8 Å². The van der Waals surface area contributed by atoms with Gasteiger partial charge in [0.2, 0.25) is 0 Å². The molecule has 2 atom stereocenters. The molecule has 0 aromatic rings. The van der Waals surface area contributed by atoms with E-state index in [1.807, 2.05) is 0 Å². The summed E-state index contributed by atoms with van der Waals surface area (Å²) in [6.07, 6.45) is 5.05. The van der Waals surface area contributed by atoms with Crippen LogP contribution in [0.3, 0.4) is 0 Å². The quantitative estimate of drug-likeness (QED) is 0.341. The van der Waals surface area contributed by atoms with E-state index in [0.717, 1.165) is 6.42 Å². The van der Waals surface area contributed by atoms with Crippen molar-refractivity contribution in [1.29, 1.82) is 0 Å². The van der Waals surface area contributed by atoms with Gasteiger partial charge in [-0.2, -0.15) is 0 Å². The second-order valence-corrected chi connectivity index (χ2v) is 6.38. The van der Waals surface area contributed by atoms with Crippen LogP contribution in [0.5, 0.6) is 0 Å².